The van der Waals surface area contributed by atoms with Crippen molar-refractivity contribution in [1.29, 1.82) is 0 Å². The second-order valence-corrected chi connectivity index (χ2v) is 7.89. The molecule has 0 radical (unpaired) electrons. The molecule has 0 aliphatic rings. The predicted molar refractivity (Wildman–Crippen MR) is 127 cm³/mol. The van der Waals surface area contributed by atoms with Crippen molar-refractivity contribution >= 4 is 40.0 Å². The minimum atomic E-state index is -3.51. The number of aliphatic imine (C=N–C) groups is 1. The van der Waals surface area contributed by atoms with Crippen molar-refractivity contribution in [2.75, 3.05) is 33.9 Å². The van der Waals surface area contributed by atoms with E-state index < -0.39 is 10.0 Å². The van der Waals surface area contributed by atoms with Gasteiger partial charge in [-0.05, 0) is 29.7 Å². The molecule has 0 fully saturated rings. The normalized spacial score (nSPS) is 11.6. The number of guanidine groups is 1. The van der Waals surface area contributed by atoms with Crippen LogP contribution in [-0.2, 0) is 27.7 Å². The van der Waals surface area contributed by atoms with E-state index >= 15 is 0 Å². The molecule has 0 heterocycles. The monoisotopic (exact) mass is 532 g/mol. The molecule has 0 aliphatic carbocycles. The molecule has 0 saturated heterocycles. The first-order valence-corrected chi connectivity index (χ1v) is 10.6. The number of rotatable bonds is 10. The van der Waals surface area contributed by atoms with Gasteiger partial charge in [-0.15, -0.1) is 24.0 Å². The van der Waals surface area contributed by atoms with Gasteiger partial charge in [-0.25, -0.2) is 13.1 Å². The first-order chi connectivity index (χ1) is 13.5. The number of nitrogens with zero attached hydrogens (tertiary/aromatic N) is 1. The number of halogens is 1. The zero-order valence-electron chi connectivity index (χ0n) is 16.7. The van der Waals surface area contributed by atoms with Gasteiger partial charge in [0.05, 0.1) is 11.5 Å². The maximum absolute atomic E-state index is 12.2. The minimum absolute atomic E-state index is 0. The van der Waals surface area contributed by atoms with Crippen molar-refractivity contribution in [2.24, 2.45) is 4.99 Å². The zero-order valence-corrected chi connectivity index (χ0v) is 19.9. The average Bonchev–Trinajstić information content (AvgIpc) is 2.72. The predicted octanol–water partition coefficient (Wildman–Crippen LogP) is 2.14. The summed E-state index contributed by atoms with van der Waals surface area (Å²) in [5.41, 5.74) is 2.23. The van der Waals surface area contributed by atoms with E-state index in [4.69, 9.17) is 4.74 Å². The number of benzene rings is 2. The van der Waals surface area contributed by atoms with Crippen molar-refractivity contribution < 1.29 is 13.2 Å². The second kappa shape index (κ2) is 13.5. The lowest BCUT2D eigenvalue weighted by Crippen LogP contribution is -2.37. The van der Waals surface area contributed by atoms with E-state index in [2.05, 4.69) is 32.5 Å². The van der Waals surface area contributed by atoms with Crippen molar-refractivity contribution in [2.45, 2.75) is 17.9 Å². The SMILES string of the molecule is CN=C(NCCc1ccccc1)NCc1ccc(S(=O)(=O)NCCOC)cc1.I. The van der Waals surface area contributed by atoms with Crippen molar-refractivity contribution in [3.05, 3.63) is 65.7 Å². The third-order valence-electron chi connectivity index (χ3n) is 4.06. The van der Waals surface area contributed by atoms with Crippen LogP contribution in [0.1, 0.15) is 11.1 Å². The van der Waals surface area contributed by atoms with E-state index in [1.54, 1.807) is 31.3 Å². The van der Waals surface area contributed by atoms with E-state index in [1.807, 2.05) is 18.2 Å². The molecular formula is C20H29IN4O3S. The van der Waals surface area contributed by atoms with Crippen LogP contribution in [-0.4, -0.2) is 48.2 Å². The van der Waals surface area contributed by atoms with E-state index in [-0.39, 0.29) is 35.4 Å². The summed E-state index contributed by atoms with van der Waals surface area (Å²) in [6, 6.07) is 17.0. The Hall–Kier alpha value is -1.69. The van der Waals surface area contributed by atoms with Gasteiger partial charge in [-0.2, -0.15) is 0 Å². The lowest BCUT2D eigenvalue weighted by atomic mass is 10.1. The summed E-state index contributed by atoms with van der Waals surface area (Å²) in [6.45, 7) is 1.89. The molecule has 0 aliphatic heterocycles. The van der Waals surface area contributed by atoms with Gasteiger partial charge < -0.3 is 15.4 Å². The Bertz CT molecular complexity index is 844. The van der Waals surface area contributed by atoms with Gasteiger partial charge in [0, 0.05) is 33.8 Å². The van der Waals surface area contributed by atoms with Crippen LogP contribution in [0.3, 0.4) is 0 Å². The molecule has 29 heavy (non-hydrogen) atoms. The molecule has 2 rings (SSSR count). The van der Waals surface area contributed by atoms with Crippen molar-refractivity contribution in [3.63, 3.8) is 0 Å². The largest absolute Gasteiger partial charge is 0.383 e. The zero-order chi connectivity index (χ0) is 20.2. The molecule has 160 valence electrons. The highest BCUT2D eigenvalue weighted by atomic mass is 127. The van der Waals surface area contributed by atoms with Gasteiger partial charge in [-0.3, -0.25) is 4.99 Å². The molecule has 0 bridgehead atoms. The molecule has 3 N–H and O–H groups in total. The van der Waals surface area contributed by atoms with E-state index in [9.17, 15) is 8.42 Å². The molecule has 9 heteroatoms. The smallest absolute Gasteiger partial charge is 0.240 e. The highest BCUT2D eigenvalue weighted by molar-refractivity contribution is 14.0. The highest BCUT2D eigenvalue weighted by Gasteiger charge is 2.12. The molecule has 0 amide bonds. The van der Waals surface area contributed by atoms with E-state index in [1.165, 1.54) is 12.7 Å². The van der Waals surface area contributed by atoms with Crippen LogP contribution in [0.4, 0.5) is 0 Å². The molecular weight excluding hydrogens is 503 g/mol. The molecule has 0 saturated carbocycles. The Morgan fingerprint density at radius 3 is 2.28 bits per heavy atom. The summed E-state index contributed by atoms with van der Waals surface area (Å²) in [4.78, 5) is 4.44. The van der Waals surface area contributed by atoms with E-state index in [0.717, 1.165) is 18.5 Å². The Labute approximate surface area is 190 Å². The fourth-order valence-corrected chi connectivity index (χ4v) is 3.54. The molecule has 2 aromatic rings. The Morgan fingerprint density at radius 2 is 1.66 bits per heavy atom. The van der Waals surface area contributed by atoms with Crippen LogP contribution >= 0.6 is 24.0 Å². The van der Waals surface area contributed by atoms with E-state index in [0.29, 0.717) is 19.1 Å². The maximum Gasteiger partial charge on any atom is 0.240 e. The quantitative estimate of drug-likeness (QED) is 0.189. The minimum Gasteiger partial charge on any atom is -0.383 e. The third kappa shape index (κ3) is 9.11. The third-order valence-corrected chi connectivity index (χ3v) is 5.54. The molecule has 2 aromatic carbocycles. The Kier molecular flexibility index (Phi) is 11.8. The summed E-state index contributed by atoms with van der Waals surface area (Å²) in [5.74, 6) is 0.703. The number of sulfonamides is 1. The van der Waals surface area contributed by atoms with Gasteiger partial charge in [0.15, 0.2) is 5.96 Å². The summed E-state index contributed by atoms with van der Waals surface area (Å²) < 4.78 is 31.7. The summed E-state index contributed by atoms with van der Waals surface area (Å²) in [5, 5.41) is 6.50. The van der Waals surface area contributed by atoms with Gasteiger partial charge in [-0.1, -0.05) is 42.5 Å². The Balaban J connectivity index is 0.00000420. The van der Waals surface area contributed by atoms with Gasteiger partial charge >= 0.3 is 0 Å². The van der Waals surface area contributed by atoms with Gasteiger partial charge in [0.25, 0.3) is 0 Å². The molecule has 0 unspecified atom stereocenters. The standard InChI is InChI=1S/C20H28N4O3S.HI/c1-21-20(22-13-12-17-6-4-3-5-7-17)23-16-18-8-10-19(11-9-18)28(25,26)24-14-15-27-2;/h3-11,24H,12-16H2,1-2H3,(H2,21,22,23);1H. The Morgan fingerprint density at radius 1 is 0.966 bits per heavy atom. The van der Waals surface area contributed by atoms with Crippen LogP contribution < -0.4 is 15.4 Å². The topological polar surface area (TPSA) is 91.8 Å². The lowest BCUT2D eigenvalue weighted by molar-refractivity contribution is 0.204. The van der Waals surface area contributed by atoms with Crippen LogP contribution in [0.5, 0.6) is 0 Å². The molecule has 7 nitrogen and oxygen atoms in total. The number of ether oxygens (including phenoxy) is 1. The number of hydrogen-bond donors (Lipinski definition) is 3. The van der Waals surface area contributed by atoms with Gasteiger partial charge in [0.2, 0.25) is 10.0 Å². The fourth-order valence-electron chi connectivity index (χ4n) is 2.52. The van der Waals surface area contributed by atoms with Crippen molar-refractivity contribution in [3.8, 4) is 0 Å². The molecule has 0 atom stereocenters. The lowest BCUT2D eigenvalue weighted by Gasteiger charge is -2.12. The molecule has 0 aromatic heterocycles. The van der Waals surface area contributed by atoms with Crippen LogP contribution in [0, 0.1) is 0 Å². The first-order valence-electron chi connectivity index (χ1n) is 9.11. The average molecular weight is 532 g/mol. The maximum atomic E-state index is 12.2. The van der Waals surface area contributed by atoms with Crippen LogP contribution in [0.15, 0.2) is 64.5 Å². The fraction of sp³-hybridized carbons (Fsp3) is 0.350. The van der Waals surface area contributed by atoms with Crippen LogP contribution in [0.25, 0.3) is 0 Å². The number of methoxy groups -OCH3 is 1. The first kappa shape index (κ1) is 25.3. The number of nitrogens with one attached hydrogen (secondary N) is 3. The van der Waals surface area contributed by atoms with Crippen molar-refractivity contribution in [1.82, 2.24) is 15.4 Å². The summed E-state index contributed by atoms with van der Waals surface area (Å²) in [6.07, 6.45) is 0.907. The number of hydrogen-bond acceptors (Lipinski definition) is 4. The second-order valence-electron chi connectivity index (χ2n) is 6.12. The van der Waals surface area contributed by atoms with Crippen LogP contribution in [0.2, 0.25) is 0 Å². The molecule has 0 spiro atoms. The van der Waals surface area contributed by atoms with Gasteiger partial charge in [0.1, 0.15) is 0 Å². The summed E-state index contributed by atoms with van der Waals surface area (Å²) >= 11 is 0. The highest BCUT2D eigenvalue weighted by Crippen LogP contribution is 2.10. The summed E-state index contributed by atoms with van der Waals surface area (Å²) in [7, 11) is -0.260.